The number of ether oxygens (including phenoxy) is 3. The van der Waals surface area contributed by atoms with Gasteiger partial charge in [-0.05, 0) is 38.0 Å². The molecule has 0 aromatic heterocycles. The number of hydrogen-bond donors (Lipinski definition) is 0. The molecular weight excluding hydrogens is 308 g/mol. The molecule has 0 radical (unpaired) electrons. The van der Waals surface area contributed by atoms with Crippen LogP contribution >= 0.6 is 0 Å². The molecule has 3 rings (SSSR count). The number of nitriles is 1. The van der Waals surface area contributed by atoms with Crippen molar-refractivity contribution >= 4 is 5.91 Å². The van der Waals surface area contributed by atoms with Gasteiger partial charge in [-0.3, -0.25) is 4.79 Å². The van der Waals surface area contributed by atoms with Crippen LogP contribution in [0.4, 0.5) is 0 Å². The molecule has 2 unspecified atom stereocenters. The minimum atomic E-state index is -0.594. The van der Waals surface area contributed by atoms with Gasteiger partial charge in [-0.1, -0.05) is 6.07 Å². The second-order valence-electron chi connectivity index (χ2n) is 6.20. The number of amides is 1. The average molecular weight is 330 g/mol. The van der Waals surface area contributed by atoms with Gasteiger partial charge in [0.25, 0.3) is 5.91 Å². The van der Waals surface area contributed by atoms with E-state index < -0.39 is 6.10 Å². The van der Waals surface area contributed by atoms with E-state index in [0.29, 0.717) is 31.1 Å². The molecule has 1 amide bonds. The Morgan fingerprint density at radius 2 is 2.21 bits per heavy atom. The molecule has 0 bridgehead atoms. The van der Waals surface area contributed by atoms with E-state index in [0.717, 1.165) is 19.4 Å². The van der Waals surface area contributed by atoms with Gasteiger partial charge in [-0.25, -0.2) is 0 Å². The summed E-state index contributed by atoms with van der Waals surface area (Å²) in [7, 11) is 0. The summed E-state index contributed by atoms with van der Waals surface area (Å²) in [6.07, 6.45) is 1.16. The Kier molecular flexibility index (Phi) is 5.34. The van der Waals surface area contributed by atoms with Crippen molar-refractivity contribution in [2.75, 3.05) is 26.3 Å². The minimum Gasteiger partial charge on any atom is -0.481 e. The fourth-order valence-electron chi connectivity index (χ4n) is 3.23. The zero-order valence-corrected chi connectivity index (χ0v) is 13.8. The first-order chi connectivity index (χ1) is 11.7. The van der Waals surface area contributed by atoms with Gasteiger partial charge in [-0.15, -0.1) is 0 Å². The number of likely N-dealkylation sites (tertiary alicyclic amines) is 1. The number of piperidine rings is 1. The molecule has 0 saturated carbocycles. The van der Waals surface area contributed by atoms with Crippen LogP contribution in [-0.2, 0) is 14.3 Å². The summed E-state index contributed by atoms with van der Waals surface area (Å²) in [6, 6.07) is 8.91. The first-order valence-corrected chi connectivity index (χ1v) is 8.36. The first kappa shape index (κ1) is 16.7. The van der Waals surface area contributed by atoms with E-state index in [1.807, 2.05) is 4.90 Å². The van der Waals surface area contributed by atoms with Crippen molar-refractivity contribution in [3.05, 3.63) is 29.8 Å². The predicted octanol–water partition coefficient (Wildman–Crippen LogP) is 1.94. The Hall–Kier alpha value is -2.10. The van der Waals surface area contributed by atoms with Crippen molar-refractivity contribution in [1.29, 1.82) is 5.26 Å². The van der Waals surface area contributed by atoms with Crippen LogP contribution in [0.15, 0.2) is 24.3 Å². The Labute approximate surface area is 141 Å². The molecule has 0 aliphatic carbocycles. The Bertz CT molecular complexity index is 622. The van der Waals surface area contributed by atoms with Gasteiger partial charge in [0.05, 0.1) is 24.8 Å². The maximum Gasteiger partial charge on any atom is 0.263 e. The zero-order valence-electron chi connectivity index (χ0n) is 13.8. The number of rotatable bonds is 4. The molecule has 24 heavy (non-hydrogen) atoms. The SMILES string of the molecule is CC(Oc1cccc(C#N)c1)C(=O)N1CCCC(C2OCCO2)C1. The Balaban J connectivity index is 1.59. The van der Waals surface area contributed by atoms with Crippen LogP contribution in [0, 0.1) is 17.2 Å². The van der Waals surface area contributed by atoms with Gasteiger partial charge in [0.2, 0.25) is 0 Å². The van der Waals surface area contributed by atoms with E-state index in [1.165, 1.54) is 0 Å². The highest BCUT2D eigenvalue weighted by atomic mass is 16.7. The van der Waals surface area contributed by atoms with Crippen LogP contribution in [0.25, 0.3) is 0 Å². The van der Waals surface area contributed by atoms with E-state index in [2.05, 4.69) is 6.07 Å². The van der Waals surface area contributed by atoms with E-state index in [4.69, 9.17) is 19.5 Å². The summed E-state index contributed by atoms with van der Waals surface area (Å²) in [6.45, 7) is 4.37. The van der Waals surface area contributed by atoms with Crippen molar-refractivity contribution in [2.24, 2.45) is 5.92 Å². The van der Waals surface area contributed by atoms with Gasteiger partial charge in [0, 0.05) is 19.0 Å². The van der Waals surface area contributed by atoms with Crippen LogP contribution in [0.5, 0.6) is 5.75 Å². The van der Waals surface area contributed by atoms with Gasteiger partial charge in [0.15, 0.2) is 12.4 Å². The molecule has 0 spiro atoms. The van der Waals surface area contributed by atoms with E-state index in [1.54, 1.807) is 31.2 Å². The lowest BCUT2D eigenvalue weighted by Gasteiger charge is -2.35. The molecule has 2 saturated heterocycles. The molecule has 2 fully saturated rings. The fourth-order valence-corrected chi connectivity index (χ4v) is 3.23. The standard InChI is InChI=1S/C18H22N2O4/c1-13(24-16-6-2-4-14(10-16)11-19)17(21)20-7-3-5-15(12-20)18-22-8-9-23-18/h2,4,6,10,13,15,18H,3,5,7-9,12H2,1H3. The van der Waals surface area contributed by atoms with Crippen LogP contribution < -0.4 is 4.74 Å². The van der Waals surface area contributed by atoms with Crippen molar-refractivity contribution in [3.8, 4) is 11.8 Å². The second-order valence-corrected chi connectivity index (χ2v) is 6.20. The Morgan fingerprint density at radius 1 is 1.42 bits per heavy atom. The third kappa shape index (κ3) is 3.86. The molecule has 2 atom stereocenters. The van der Waals surface area contributed by atoms with Crippen LogP contribution in [0.2, 0.25) is 0 Å². The van der Waals surface area contributed by atoms with Crippen LogP contribution in [0.1, 0.15) is 25.3 Å². The summed E-state index contributed by atoms with van der Waals surface area (Å²) in [4.78, 5) is 14.5. The molecule has 2 aliphatic rings. The molecule has 6 heteroatoms. The van der Waals surface area contributed by atoms with Crippen molar-refractivity contribution < 1.29 is 19.0 Å². The van der Waals surface area contributed by atoms with Gasteiger partial charge < -0.3 is 19.1 Å². The van der Waals surface area contributed by atoms with E-state index in [9.17, 15) is 4.79 Å². The number of carbonyl (C=O) groups is 1. The van der Waals surface area contributed by atoms with E-state index in [-0.39, 0.29) is 18.1 Å². The van der Waals surface area contributed by atoms with Crippen LogP contribution in [-0.4, -0.2) is 49.5 Å². The van der Waals surface area contributed by atoms with Crippen LogP contribution in [0.3, 0.4) is 0 Å². The molecule has 1 aromatic rings. The molecule has 128 valence electrons. The Morgan fingerprint density at radius 3 is 2.96 bits per heavy atom. The first-order valence-electron chi connectivity index (χ1n) is 8.36. The van der Waals surface area contributed by atoms with Crippen molar-refractivity contribution in [2.45, 2.75) is 32.2 Å². The highest BCUT2D eigenvalue weighted by molar-refractivity contribution is 5.81. The molecule has 2 heterocycles. The number of carbonyl (C=O) groups excluding carboxylic acids is 1. The topological polar surface area (TPSA) is 71.8 Å². The monoisotopic (exact) mass is 330 g/mol. The normalized spacial score (nSPS) is 22.8. The summed E-state index contributed by atoms with van der Waals surface area (Å²) < 4.78 is 16.9. The maximum absolute atomic E-state index is 12.7. The molecule has 2 aliphatic heterocycles. The molecule has 0 N–H and O–H groups in total. The fraction of sp³-hybridized carbons (Fsp3) is 0.556. The average Bonchev–Trinajstić information content (AvgIpc) is 3.16. The third-order valence-corrected chi connectivity index (χ3v) is 4.43. The summed E-state index contributed by atoms with van der Waals surface area (Å²) in [5.74, 6) is 0.713. The quantitative estimate of drug-likeness (QED) is 0.843. The smallest absolute Gasteiger partial charge is 0.263 e. The molecular formula is C18H22N2O4. The summed E-state index contributed by atoms with van der Waals surface area (Å²) >= 11 is 0. The van der Waals surface area contributed by atoms with Gasteiger partial charge in [0.1, 0.15) is 5.75 Å². The molecule has 1 aromatic carbocycles. The second kappa shape index (κ2) is 7.65. The zero-order chi connectivity index (χ0) is 16.9. The highest BCUT2D eigenvalue weighted by Crippen LogP contribution is 2.25. The highest BCUT2D eigenvalue weighted by Gasteiger charge is 2.34. The van der Waals surface area contributed by atoms with Crippen molar-refractivity contribution in [3.63, 3.8) is 0 Å². The van der Waals surface area contributed by atoms with Gasteiger partial charge >= 0.3 is 0 Å². The molecule has 6 nitrogen and oxygen atoms in total. The third-order valence-electron chi connectivity index (χ3n) is 4.43. The lowest BCUT2D eigenvalue weighted by atomic mass is 9.97. The number of hydrogen-bond acceptors (Lipinski definition) is 5. The largest absolute Gasteiger partial charge is 0.481 e. The predicted molar refractivity (Wildman–Crippen MR) is 86.2 cm³/mol. The number of benzene rings is 1. The minimum absolute atomic E-state index is 0.0416. The van der Waals surface area contributed by atoms with Crippen molar-refractivity contribution in [1.82, 2.24) is 4.90 Å². The summed E-state index contributed by atoms with van der Waals surface area (Å²) in [5.41, 5.74) is 0.515. The lowest BCUT2D eigenvalue weighted by Crippen LogP contribution is -2.48. The summed E-state index contributed by atoms with van der Waals surface area (Å²) in [5, 5.41) is 8.94. The maximum atomic E-state index is 12.7. The van der Waals surface area contributed by atoms with E-state index >= 15 is 0 Å². The number of nitrogens with zero attached hydrogens (tertiary/aromatic N) is 2. The van der Waals surface area contributed by atoms with Gasteiger partial charge in [-0.2, -0.15) is 5.26 Å². The lowest BCUT2D eigenvalue weighted by molar-refractivity contribution is -0.145.